The summed E-state index contributed by atoms with van der Waals surface area (Å²) in [5, 5.41) is 12.6. The van der Waals surface area contributed by atoms with Crippen molar-refractivity contribution in [2.24, 2.45) is 0 Å². The maximum atomic E-state index is 13.8. The van der Waals surface area contributed by atoms with Gasteiger partial charge in [0.15, 0.2) is 0 Å². The lowest BCUT2D eigenvalue weighted by Gasteiger charge is -2.21. The van der Waals surface area contributed by atoms with Gasteiger partial charge in [-0.05, 0) is 42.8 Å². The largest absolute Gasteiger partial charge is 0.433 e. The van der Waals surface area contributed by atoms with Crippen molar-refractivity contribution in [1.82, 2.24) is 9.97 Å². The minimum Gasteiger partial charge on any atom is -0.433 e. The van der Waals surface area contributed by atoms with Gasteiger partial charge in [-0.15, -0.1) is 0 Å². The third-order valence-electron chi connectivity index (χ3n) is 5.02. The molecule has 7 nitrogen and oxygen atoms in total. The Hall–Kier alpha value is -3.66. The molecule has 2 aromatic heterocycles. The third-order valence-corrected chi connectivity index (χ3v) is 5.02. The molecule has 0 unspecified atom stereocenters. The van der Waals surface area contributed by atoms with E-state index < -0.39 is 23.9 Å². The van der Waals surface area contributed by atoms with Gasteiger partial charge in [-0.1, -0.05) is 0 Å². The molecule has 3 heterocycles. The van der Waals surface area contributed by atoms with Gasteiger partial charge >= 0.3 is 6.11 Å². The predicted molar refractivity (Wildman–Crippen MR) is 116 cm³/mol. The van der Waals surface area contributed by atoms with Gasteiger partial charge in [0.2, 0.25) is 0 Å². The van der Waals surface area contributed by atoms with Crippen LogP contribution >= 0.6 is 0 Å². The number of aliphatic hydroxyl groups excluding tert-OH is 1. The minimum absolute atomic E-state index is 0.0415. The summed E-state index contributed by atoms with van der Waals surface area (Å²) in [6, 6.07) is 8.37. The van der Waals surface area contributed by atoms with Crippen LogP contribution in [0.4, 0.5) is 24.7 Å². The number of hydrogen-bond acceptors (Lipinski definition) is 6. The van der Waals surface area contributed by atoms with Crippen LogP contribution in [0.25, 0.3) is 11.1 Å². The van der Waals surface area contributed by atoms with Crippen molar-refractivity contribution in [3.05, 3.63) is 66.4 Å². The van der Waals surface area contributed by atoms with Crippen molar-refractivity contribution >= 4 is 17.4 Å². The molecule has 1 fully saturated rings. The van der Waals surface area contributed by atoms with Crippen molar-refractivity contribution in [2.75, 3.05) is 23.3 Å². The summed E-state index contributed by atoms with van der Waals surface area (Å²) in [6.45, 7) is 1.58. The predicted octanol–water partition coefficient (Wildman–Crippen LogP) is 4.10. The topological polar surface area (TPSA) is 87.6 Å². The Morgan fingerprint density at radius 2 is 1.97 bits per heavy atom. The molecule has 3 aromatic rings. The first kappa shape index (κ1) is 22.5. The summed E-state index contributed by atoms with van der Waals surface area (Å²) >= 11 is 0. The van der Waals surface area contributed by atoms with E-state index in [4.69, 9.17) is 0 Å². The first-order chi connectivity index (χ1) is 15.7. The molecule has 1 aromatic carbocycles. The van der Waals surface area contributed by atoms with Crippen LogP contribution in [-0.2, 0) is 0 Å². The van der Waals surface area contributed by atoms with E-state index in [1.54, 1.807) is 6.07 Å². The highest BCUT2D eigenvalue weighted by Gasteiger charge is 2.25. The lowest BCUT2D eigenvalue weighted by atomic mass is 10.1. The normalized spacial score (nSPS) is 16.0. The van der Waals surface area contributed by atoms with E-state index in [1.165, 1.54) is 42.7 Å². The van der Waals surface area contributed by atoms with Gasteiger partial charge in [-0.25, -0.2) is 9.37 Å². The van der Waals surface area contributed by atoms with E-state index in [9.17, 15) is 23.1 Å². The van der Waals surface area contributed by atoms with Crippen molar-refractivity contribution in [1.29, 1.82) is 0 Å². The maximum Gasteiger partial charge on any atom is 0.394 e. The van der Waals surface area contributed by atoms with Gasteiger partial charge in [-0.2, -0.15) is 8.78 Å². The van der Waals surface area contributed by atoms with Crippen LogP contribution in [0.15, 0.2) is 55.0 Å². The van der Waals surface area contributed by atoms with E-state index in [1.807, 2.05) is 4.90 Å². The summed E-state index contributed by atoms with van der Waals surface area (Å²) in [5.74, 6) is -0.553. The molecule has 0 saturated carbocycles. The van der Waals surface area contributed by atoms with Crippen molar-refractivity contribution in [3.8, 4) is 16.9 Å². The molecule has 1 aliphatic heterocycles. The number of β-amino-alcohol motifs (C(OH)–C–C–N with tert-alkyl or cyclic N) is 1. The van der Waals surface area contributed by atoms with E-state index in [-0.39, 0.29) is 11.3 Å². The van der Waals surface area contributed by atoms with Gasteiger partial charge < -0.3 is 20.1 Å². The van der Waals surface area contributed by atoms with Crippen LogP contribution in [0.1, 0.15) is 23.7 Å². The molecule has 1 amide bonds. The Morgan fingerprint density at radius 1 is 1.21 bits per heavy atom. The SMILES string of the molecule is CC(F)(F)Oc1ccc(NC(=O)c2cnc(N3CC[C@@H](O)C3)c(-c3cncc(F)c3)c2)cc1. The molecule has 0 aliphatic carbocycles. The summed E-state index contributed by atoms with van der Waals surface area (Å²) in [5.41, 5.74) is 1.51. The Kier molecular flexibility index (Phi) is 6.19. The first-order valence-electron chi connectivity index (χ1n) is 10.2. The number of aromatic nitrogens is 2. The standard InChI is InChI=1S/C23H21F3N4O3/c1-23(25,26)33-19-4-2-17(3-5-19)29-22(32)15-9-20(14-8-16(24)12-27-10-14)21(28-11-15)30-7-6-18(31)13-30/h2-5,8-12,18,31H,6-7,13H2,1H3,(H,29,32)/t18-/m1/s1. The minimum atomic E-state index is -3.31. The molecular formula is C23H21F3N4O3. The summed E-state index contributed by atoms with van der Waals surface area (Å²) in [6.07, 6.45) is 0.711. The molecule has 10 heteroatoms. The van der Waals surface area contributed by atoms with E-state index >= 15 is 0 Å². The molecule has 33 heavy (non-hydrogen) atoms. The van der Waals surface area contributed by atoms with Gasteiger partial charge in [0, 0.05) is 49.2 Å². The number of aliphatic hydroxyl groups is 1. The molecule has 1 aliphatic rings. The fourth-order valence-electron chi connectivity index (χ4n) is 3.56. The average molecular weight is 458 g/mol. The number of pyridine rings is 2. The Labute approximate surface area is 187 Å². The molecule has 1 saturated heterocycles. The van der Waals surface area contributed by atoms with Gasteiger partial charge in [0.25, 0.3) is 5.91 Å². The van der Waals surface area contributed by atoms with Crippen LogP contribution in [0.5, 0.6) is 5.75 Å². The van der Waals surface area contributed by atoms with Gasteiger partial charge in [-0.3, -0.25) is 9.78 Å². The fraction of sp³-hybridized carbons (Fsp3) is 0.261. The zero-order valence-electron chi connectivity index (χ0n) is 17.6. The van der Waals surface area contributed by atoms with E-state index in [0.29, 0.717) is 49.1 Å². The molecule has 172 valence electrons. The number of nitrogens with one attached hydrogen (secondary N) is 1. The number of anilines is 2. The van der Waals surface area contributed by atoms with Crippen molar-refractivity contribution < 1.29 is 27.8 Å². The molecule has 2 N–H and O–H groups in total. The van der Waals surface area contributed by atoms with E-state index in [0.717, 1.165) is 6.20 Å². The van der Waals surface area contributed by atoms with Crippen LogP contribution in [-0.4, -0.2) is 46.3 Å². The number of ether oxygens (including phenoxy) is 1. The zero-order chi connectivity index (χ0) is 23.6. The summed E-state index contributed by atoms with van der Waals surface area (Å²) < 4.78 is 44.2. The lowest BCUT2D eigenvalue weighted by Crippen LogP contribution is -2.23. The second-order valence-electron chi connectivity index (χ2n) is 7.76. The first-order valence-corrected chi connectivity index (χ1v) is 10.2. The lowest BCUT2D eigenvalue weighted by molar-refractivity contribution is -0.158. The number of carbonyl (C=O) groups is 1. The second-order valence-corrected chi connectivity index (χ2v) is 7.76. The number of hydrogen-bond donors (Lipinski definition) is 2. The monoisotopic (exact) mass is 458 g/mol. The number of halogens is 3. The van der Waals surface area contributed by atoms with Gasteiger partial charge in [0.05, 0.1) is 17.9 Å². The second kappa shape index (κ2) is 9.07. The highest BCUT2D eigenvalue weighted by atomic mass is 19.3. The average Bonchev–Trinajstić information content (AvgIpc) is 3.20. The van der Waals surface area contributed by atoms with E-state index in [2.05, 4.69) is 20.0 Å². The number of nitrogens with zero attached hydrogens (tertiary/aromatic N) is 3. The molecule has 1 atom stereocenters. The van der Waals surface area contributed by atoms with Crippen LogP contribution < -0.4 is 15.0 Å². The molecule has 0 radical (unpaired) electrons. The van der Waals surface area contributed by atoms with Gasteiger partial charge in [0.1, 0.15) is 17.4 Å². The summed E-state index contributed by atoms with van der Waals surface area (Å²) in [4.78, 5) is 23.0. The molecule has 0 bridgehead atoms. The third kappa shape index (κ3) is 5.58. The highest BCUT2D eigenvalue weighted by Crippen LogP contribution is 2.32. The quantitative estimate of drug-likeness (QED) is 0.579. The number of alkyl halides is 2. The number of benzene rings is 1. The Morgan fingerprint density at radius 3 is 2.61 bits per heavy atom. The Balaban J connectivity index is 1.60. The molecular weight excluding hydrogens is 437 g/mol. The van der Waals surface area contributed by atoms with Crippen molar-refractivity contribution in [2.45, 2.75) is 25.6 Å². The van der Waals surface area contributed by atoms with Crippen LogP contribution in [0.3, 0.4) is 0 Å². The summed E-state index contributed by atoms with van der Waals surface area (Å²) in [7, 11) is 0. The van der Waals surface area contributed by atoms with Crippen molar-refractivity contribution in [3.63, 3.8) is 0 Å². The van der Waals surface area contributed by atoms with Crippen LogP contribution in [0.2, 0.25) is 0 Å². The molecule has 4 rings (SSSR count). The highest BCUT2D eigenvalue weighted by molar-refractivity contribution is 6.05. The maximum absolute atomic E-state index is 13.8. The number of carbonyl (C=O) groups excluding carboxylic acids is 1. The smallest absolute Gasteiger partial charge is 0.394 e. The molecule has 0 spiro atoms. The number of amides is 1. The zero-order valence-corrected chi connectivity index (χ0v) is 17.6. The Bertz CT molecular complexity index is 1150. The fourth-order valence-corrected chi connectivity index (χ4v) is 3.56. The number of rotatable bonds is 6. The van der Waals surface area contributed by atoms with Crippen LogP contribution in [0, 0.1) is 5.82 Å².